The minimum Gasteiger partial charge on any atom is -0.397 e. The maximum Gasteiger partial charge on any atom is 0.266 e. The van der Waals surface area contributed by atoms with Gasteiger partial charge in [0.05, 0.1) is 5.69 Å². The Labute approximate surface area is 133 Å². The van der Waals surface area contributed by atoms with Gasteiger partial charge in [-0.1, -0.05) is 25.5 Å². The molecule has 0 aliphatic carbocycles. The summed E-state index contributed by atoms with van der Waals surface area (Å²) < 4.78 is 1.09. The lowest BCUT2D eigenvalue weighted by Gasteiger charge is -2.34. The summed E-state index contributed by atoms with van der Waals surface area (Å²) in [4.78, 5) is 15.5. The molecule has 2 heterocycles. The Kier molecular flexibility index (Phi) is 3.88. The number of carbonyl (C=O) groups is 1. The molecule has 1 aromatic carbocycles. The highest BCUT2D eigenvalue weighted by atomic mass is 32.2. The lowest BCUT2D eigenvalue weighted by molar-refractivity contribution is 0.0759. The van der Waals surface area contributed by atoms with Gasteiger partial charge in [-0.25, -0.2) is 0 Å². The highest BCUT2D eigenvalue weighted by Gasteiger charge is 2.29. The predicted octanol–water partition coefficient (Wildman–Crippen LogP) is 3.76. The molecule has 2 N–H and O–H groups in total. The van der Waals surface area contributed by atoms with Crippen molar-refractivity contribution < 1.29 is 4.79 Å². The molecule has 0 saturated carbocycles. The number of fused-ring (bicyclic) bond motifs is 1. The summed E-state index contributed by atoms with van der Waals surface area (Å²) in [5, 5.41) is 1.97. The zero-order valence-electron chi connectivity index (χ0n) is 12.6. The number of hydrogen-bond acceptors (Lipinski definition) is 4. The van der Waals surface area contributed by atoms with Crippen molar-refractivity contribution in [1.29, 1.82) is 0 Å². The molecular weight excluding hydrogens is 300 g/mol. The molecule has 3 rings (SSSR count). The highest BCUT2D eigenvalue weighted by Crippen LogP contribution is 2.36. The Morgan fingerprint density at radius 3 is 2.62 bits per heavy atom. The first kappa shape index (κ1) is 14.7. The van der Waals surface area contributed by atoms with Crippen molar-refractivity contribution in [3.8, 4) is 0 Å². The molecule has 5 heteroatoms. The topological polar surface area (TPSA) is 46.3 Å². The number of rotatable bonds is 1. The van der Waals surface area contributed by atoms with Crippen molar-refractivity contribution in [3.63, 3.8) is 0 Å². The number of aryl methyl sites for hydroxylation is 1. The van der Waals surface area contributed by atoms with Crippen LogP contribution in [0.2, 0.25) is 0 Å². The van der Waals surface area contributed by atoms with Crippen LogP contribution in [0.1, 0.15) is 29.1 Å². The zero-order chi connectivity index (χ0) is 15.1. The fourth-order valence-electron chi connectivity index (χ4n) is 2.88. The number of anilines is 1. The second-order valence-electron chi connectivity index (χ2n) is 5.81. The first-order chi connectivity index (χ1) is 9.95. The molecular formula is C16H20N2OS2. The average molecular weight is 320 g/mol. The molecule has 0 radical (unpaired) electrons. The summed E-state index contributed by atoms with van der Waals surface area (Å²) in [5.74, 6) is 0.0883. The number of nitrogen functional groups attached to an aromatic ring is 1. The lowest BCUT2D eigenvalue weighted by Crippen LogP contribution is -2.43. The van der Waals surface area contributed by atoms with E-state index >= 15 is 0 Å². The van der Waals surface area contributed by atoms with Crippen LogP contribution in [0.3, 0.4) is 0 Å². The molecule has 1 saturated heterocycles. The third kappa shape index (κ3) is 2.77. The summed E-state index contributed by atoms with van der Waals surface area (Å²) in [6.45, 7) is 8.01. The van der Waals surface area contributed by atoms with E-state index in [2.05, 4.69) is 32.0 Å². The molecule has 21 heavy (non-hydrogen) atoms. The number of amides is 1. The molecule has 1 aliphatic rings. The summed E-state index contributed by atoms with van der Waals surface area (Å²) in [6, 6.07) is 6.18. The van der Waals surface area contributed by atoms with Gasteiger partial charge in [0, 0.05) is 33.7 Å². The Morgan fingerprint density at radius 2 is 1.95 bits per heavy atom. The fourth-order valence-corrected chi connectivity index (χ4v) is 5.27. The van der Waals surface area contributed by atoms with Crippen LogP contribution in [0.25, 0.3) is 10.1 Å². The molecule has 2 unspecified atom stereocenters. The van der Waals surface area contributed by atoms with E-state index in [1.54, 1.807) is 0 Å². The van der Waals surface area contributed by atoms with Crippen molar-refractivity contribution in [2.24, 2.45) is 0 Å². The van der Waals surface area contributed by atoms with E-state index in [-0.39, 0.29) is 5.91 Å². The van der Waals surface area contributed by atoms with E-state index in [1.165, 1.54) is 16.9 Å². The third-order valence-corrected chi connectivity index (χ3v) is 6.18. The van der Waals surface area contributed by atoms with Crippen LogP contribution in [0, 0.1) is 6.92 Å². The van der Waals surface area contributed by atoms with Gasteiger partial charge in [-0.15, -0.1) is 11.3 Å². The fraction of sp³-hybridized carbons (Fsp3) is 0.438. The number of thioether (sulfide) groups is 1. The van der Waals surface area contributed by atoms with Gasteiger partial charge in [0.25, 0.3) is 5.91 Å². The molecule has 0 spiro atoms. The van der Waals surface area contributed by atoms with Crippen LogP contribution < -0.4 is 5.73 Å². The molecule has 1 fully saturated rings. The number of benzene rings is 1. The number of thiophene rings is 1. The molecule has 2 aromatic rings. The molecule has 112 valence electrons. The van der Waals surface area contributed by atoms with Gasteiger partial charge in [0.1, 0.15) is 4.88 Å². The van der Waals surface area contributed by atoms with Crippen molar-refractivity contribution in [1.82, 2.24) is 4.90 Å². The van der Waals surface area contributed by atoms with Crippen molar-refractivity contribution in [2.45, 2.75) is 31.3 Å². The minimum atomic E-state index is 0.0883. The zero-order valence-corrected chi connectivity index (χ0v) is 14.2. The Morgan fingerprint density at radius 1 is 1.29 bits per heavy atom. The summed E-state index contributed by atoms with van der Waals surface area (Å²) in [7, 11) is 0. The van der Waals surface area contributed by atoms with Crippen LogP contribution in [-0.4, -0.2) is 34.4 Å². The molecule has 0 bridgehead atoms. The molecule has 1 aromatic heterocycles. The van der Waals surface area contributed by atoms with Crippen LogP contribution >= 0.6 is 23.1 Å². The second-order valence-corrected chi connectivity index (χ2v) is 8.75. The Balaban J connectivity index is 1.96. The van der Waals surface area contributed by atoms with Gasteiger partial charge in [0.2, 0.25) is 0 Å². The van der Waals surface area contributed by atoms with E-state index < -0.39 is 0 Å². The molecule has 1 aliphatic heterocycles. The van der Waals surface area contributed by atoms with Crippen molar-refractivity contribution in [2.75, 3.05) is 18.8 Å². The van der Waals surface area contributed by atoms with Gasteiger partial charge < -0.3 is 10.6 Å². The lowest BCUT2D eigenvalue weighted by atomic mass is 10.1. The Bertz CT molecular complexity index is 685. The molecule has 3 nitrogen and oxygen atoms in total. The van der Waals surface area contributed by atoms with Crippen LogP contribution in [0.4, 0.5) is 5.69 Å². The quantitative estimate of drug-likeness (QED) is 0.870. The number of nitrogens with zero attached hydrogens (tertiary/aromatic N) is 1. The van der Waals surface area contributed by atoms with Gasteiger partial charge in [0.15, 0.2) is 0 Å². The first-order valence-electron chi connectivity index (χ1n) is 7.19. The molecule has 1 amide bonds. The van der Waals surface area contributed by atoms with Crippen LogP contribution in [0.5, 0.6) is 0 Å². The minimum absolute atomic E-state index is 0.0883. The van der Waals surface area contributed by atoms with E-state index in [0.29, 0.717) is 21.1 Å². The number of hydrogen-bond donors (Lipinski definition) is 1. The van der Waals surface area contributed by atoms with Crippen molar-refractivity contribution in [3.05, 3.63) is 28.6 Å². The van der Waals surface area contributed by atoms with Gasteiger partial charge in [-0.3, -0.25) is 4.79 Å². The van der Waals surface area contributed by atoms with Crippen molar-refractivity contribution >= 4 is 44.8 Å². The second kappa shape index (κ2) is 5.54. The highest BCUT2D eigenvalue weighted by molar-refractivity contribution is 8.00. The first-order valence-corrected chi connectivity index (χ1v) is 8.95. The number of carbonyl (C=O) groups excluding carboxylic acids is 1. The number of nitrogens with two attached hydrogens (primary N) is 1. The summed E-state index contributed by atoms with van der Waals surface area (Å²) >= 11 is 3.46. The maximum absolute atomic E-state index is 12.8. The summed E-state index contributed by atoms with van der Waals surface area (Å²) in [6.07, 6.45) is 0. The largest absolute Gasteiger partial charge is 0.397 e. The van der Waals surface area contributed by atoms with Gasteiger partial charge >= 0.3 is 0 Å². The van der Waals surface area contributed by atoms with Gasteiger partial charge in [-0.2, -0.15) is 11.8 Å². The third-order valence-electron chi connectivity index (χ3n) is 3.78. The van der Waals surface area contributed by atoms with Crippen LogP contribution in [-0.2, 0) is 0 Å². The van der Waals surface area contributed by atoms with E-state index in [9.17, 15) is 4.79 Å². The van der Waals surface area contributed by atoms with Gasteiger partial charge in [-0.05, 0) is 19.1 Å². The monoisotopic (exact) mass is 320 g/mol. The normalized spacial score (nSPS) is 22.7. The SMILES string of the molecule is Cc1ccc2sc(C(=O)N3CC(C)SC(C)C3)c(N)c2c1. The van der Waals surface area contributed by atoms with E-state index in [1.807, 2.05) is 23.6 Å². The molecule has 2 atom stereocenters. The maximum atomic E-state index is 12.8. The standard InChI is InChI=1S/C16H20N2OS2/c1-9-4-5-13-12(6-9)14(17)15(21-13)16(19)18-7-10(2)20-11(3)8-18/h4-6,10-11H,7-8,17H2,1-3H3. The Hall–Kier alpha value is -1.20. The van der Waals surface area contributed by atoms with E-state index in [4.69, 9.17) is 5.73 Å². The predicted molar refractivity (Wildman–Crippen MR) is 93.4 cm³/mol. The van der Waals surface area contributed by atoms with E-state index in [0.717, 1.165) is 23.2 Å². The van der Waals surface area contributed by atoms with Crippen LogP contribution in [0.15, 0.2) is 18.2 Å². The summed E-state index contributed by atoms with van der Waals surface area (Å²) in [5.41, 5.74) is 8.05. The smallest absolute Gasteiger partial charge is 0.266 e. The average Bonchev–Trinajstić information content (AvgIpc) is 2.74.